The van der Waals surface area contributed by atoms with E-state index in [2.05, 4.69) is 20.9 Å². The fourth-order valence-corrected chi connectivity index (χ4v) is 3.35. The van der Waals surface area contributed by atoms with Gasteiger partial charge in [0, 0.05) is 35.6 Å². The molecule has 5 N–H and O–H groups in total. The SMILES string of the molecule is Cc1[nH]c(/C=C2\C(=O)Nc3ccc(F)cc32)c(C)c1C(=O)NCCC(=O)NCC(=O)O. The molecule has 0 saturated carbocycles. The van der Waals surface area contributed by atoms with Crippen LogP contribution in [0.4, 0.5) is 10.1 Å². The van der Waals surface area contributed by atoms with Gasteiger partial charge in [-0.05, 0) is 43.7 Å². The van der Waals surface area contributed by atoms with E-state index < -0.39 is 30.1 Å². The number of H-pyrrole nitrogens is 1. The van der Waals surface area contributed by atoms with Crippen LogP contribution in [-0.4, -0.2) is 46.9 Å². The molecule has 0 radical (unpaired) electrons. The maximum Gasteiger partial charge on any atom is 0.322 e. The highest BCUT2D eigenvalue weighted by Gasteiger charge is 2.26. The Hall–Kier alpha value is -3.95. The fraction of sp³-hybridized carbons (Fsp3) is 0.238. The number of amides is 3. The third-order valence-corrected chi connectivity index (χ3v) is 4.83. The topological polar surface area (TPSA) is 140 Å². The number of halogens is 1. The summed E-state index contributed by atoms with van der Waals surface area (Å²) in [6.07, 6.45) is 1.50. The summed E-state index contributed by atoms with van der Waals surface area (Å²) in [4.78, 5) is 50.0. The Morgan fingerprint density at radius 3 is 2.65 bits per heavy atom. The number of nitrogens with one attached hydrogen (secondary N) is 4. The molecule has 1 aliphatic heterocycles. The van der Waals surface area contributed by atoms with E-state index in [0.717, 1.165) is 0 Å². The van der Waals surface area contributed by atoms with Crippen molar-refractivity contribution in [1.29, 1.82) is 0 Å². The number of aliphatic carboxylic acids is 1. The monoisotopic (exact) mass is 428 g/mol. The molecule has 0 saturated heterocycles. The molecule has 162 valence electrons. The van der Waals surface area contributed by atoms with Crippen molar-refractivity contribution in [3.05, 3.63) is 52.1 Å². The van der Waals surface area contributed by atoms with Gasteiger partial charge in [-0.1, -0.05) is 0 Å². The molecule has 3 rings (SSSR count). The van der Waals surface area contributed by atoms with Crippen molar-refractivity contribution in [2.24, 2.45) is 0 Å². The van der Waals surface area contributed by atoms with Crippen LogP contribution in [0.3, 0.4) is 0 Å². The molecule has 1 aromatic carbocycles. The van der Waals surface area contributed by atoms with Gasteiger partial charge in [0.05, 0.1) is 11.1 Å². The molecule has 0 atom stereocenters. The average Bonchev–Trinajstić information content (AvgIpc) is 3.15. The van der Waals surface area contributed by atoms with E-state index >= 15 is 0 Å². The van der Waals surface area contributed by atoms with Crippen molar-refractivity contribution in [3.8, 4) is 0 Å². The Morgan fingerprint density at radius 1 is 1.19 bits per heavy atom. The van der Waals surface area contributed by atoms with Crippen molar-refractivity contribution in [2.45, 2.75) is 20.3 Å². The molecule has 10 heteroatoms. The first kappa shape index (κ1) is 21.8. The maximum absolute atomic E-state index is 13.6. The third-order valence-electron chi connectivity index (χ3n) is 4.83. The summed E-state index contributed by atoms with van der Waals surface area (Å²) in [6, 6.07) is 4.02. The van der Waals surface area contributed by atoms with Crippen LogP contribution in [0.15, 0.2) is 18.2 Å². The van der Waals surface area contributed by atoms with Crippen LogP contribution in [0.1, 0.15) is 39.3 Å². The minimum atomic E-state index is -1.15. The molecule has 3 amide bonds. The molecule has 0 bridgehead atoms. The first-order valence-electron chi connectivity index (χ1n) is 9.46. The smallest absolute Gasteiger partial charge is 0.322 e. The van der Waals surface area contributed by atoms with Gasteiger partial charge in [0.15, 0.2) is 0 Å². The number of fused-ring (bicyclic) bond motifs is 1. The van der Waals surface area contributed by atoms with E-state index in [9.17, 15) is 23.6 Å². The lowest BCUT2D eigenvalue weighted by atomic mass is 10.0. The summed E-state index contributed by atoms with van der Waals surface area (Å²) in [5.41, 5.74) is 3.29. The number of rotatable bonds is 7. The second-order valence-corrected chi connectivity index (χ2v) is 7.04. The Balaban J connectivity index is 1.74. The average molecular weight is 428 g/mol. The van der Waals surface area contributed by atoms with Gasteiger partial charge in [-0.3, -0.25) is 19.2 Å². The van der Waals surface area contributed by atoms with Crippen LogP contribution in [0.5, 0.6) is 0 Å². The van der Waals surface area contributed by atoms with Crippen molar-refractivity contribution >= 4 is 41.0 Å². The second kappa shape index (κ2) is 8.82. The van der Waals surface area contributed by atoms with Gasteiger partial charge in [0.2, 0.25) is 5.91 Å². The number of carbonyl (C=O) groups excluding carboxylic acids is 3. The van der Waals surface area contributed by atoms with Crippen molar-refractivity contribution in [3.63, 3.8) is 0 Å². The van der Waals surface area contributed by atoms with Crippen LogP contribution >= 0.6 is 0 Å². The van der Waals surface area contributed by atoms with Gasteiger partial charge >= 0.3 is 5.97 Å². The first-order valence-corrected chi connectivity index (χ1v) is 9.46. The molecule has 31 heavy (non-hydrogen) atoms. The predicted octanol–water partition coefficient (Wildman–Crippen LogP) is 1.58. The molecule has 0 spiro atoms. The number of carbonyl (C=O) groups is 4. The highest BCUT2D eigenvalue weighted by Crippen LogP contribution is 2.34. The predicted molar refractivity (Wildman–Crippen MR) is 111 cm³/mol. The van der Waals surface area contributed by atoms with Crippen LogP contribution in [0.25, 0.3) is 11.6 Å². The summed E-state index contributed by atoms with van der Waals surface area (Å²) in [5, 5.41) is 16.0. The zero-order valence-electron chi connectivity index (χ0n) is 16.9. The number of hydrogen-bond acceptors (Lipinski definition) is 4. The molecule has 1 aliphatic rings. The van der Waals surface area contributed by atoms with Gasteiger partial charge < -0.3 is 26.0 Å². The van der Waals surface area contributed by atoms with Gasteiger partial charge in [-0.25, -0.2) is 4.39 Å². The van der Waals surface area contributed by atoms with Crippen molar-refractivity contribution < 1.29 is 28.7 Å². The number of anilines is 1. The number of aryl methyl sites for hydroxylation is 1. The lowest BCUT2D eigenvalue weighted by molar-refractivity contribution is -0.137. The van der Waals surface area contributed by atoms with Gasteiger partial charge in [0.1, 0.15) is 12.4 Å². The Labute approximate surface area is 176 Å². The van der Waals surface area contributed by atoms with Gasteiger partial charge in [0.25, 0.3) is 11.8 Å². The maximum atomic E-state index is 13.6. The van der Waals surface area contributed by atoms with Crippen molar-refractivity contribution in [2.75, 3.05) is 18.4 Å². The lowest BCUT2D eigenvalue weighted by Gasteiger charge is -2.06. The standard InChI is InChI=1S/C21H21FN4O5/c1-10-16(8-14-13-7-12(22)3-4-15(13)26-20(14)30)25-11(2)19(10)21(31)23-6-5-17(27)24-9-18(28)29/h3-4,7-8,25H,5-6,9H2,1-2H3,(H,23,31)(H,24,27)(H,26,30)(H,28,29)/b14-8-. The zero-order chi connectivity index (χ0) is 22.7. The highest BCUT2D eigenvalue weighted by atomic mass is 19.1. The van der Waals surface area contributed by atoms with Gasteiger partial charge in [-0.2, -0.15) is 0 Å². The summed E-state index contributed by atoms with van der Waals surface area (Å²) in [7, 11) is 0. The summed E-state index contributed by atoms with van der Waals surface area (Å²) < 4.78 is 13.6. The number of carboxylic acids is 1. The molecule has 0 aliphatic carbocycles. The molecule has 2 aromatic rings. The Kier molecular flexibility index (Phi) is 6.19. The second-order valence-electron chi connectivity index (χ2n) is 7.04. The van der Waals surface area contributed by atoms with E-state index in [-0.39, 0.29) is 24.4 Å². The minimum Gasteiger partial charge on any atom is -0.480 e. The molecular formula is C21H21FN4O5. The normalized spacial score (nSPS) is 13.6. The Bertz CT molecular complexity index is 1120. The zero-order valence-corrected chi connectivity index (χ0v) is 16.9. The molecule has 2 heterocycles. The number of aromatic amines is 1. The molecule has 0 fully saturated rings. The van der Waals surface area contributed by atoms with Crippen LogP contribution in [-0.2, 0) is 14.4 Å². The fourth-order valence-electron chi connectivity index (χ4n) is 3.35. The largest absolute Gasteiger partial charge is 0.480 e. The van der Waals surface area contributed by atoms with E-state index in [1.807, 2.05) is 0 Å². The van der Waals surface area contributed by atoms with Gasteiger partial charge in [-0.15, -0.1) is 0 Å². The number of benzene rings is 1. The molecular weight excluding hydrogens is 407 g/mol. The highest BCUT2D eigenvalue weighted by molar-refractivity contribution is 6.34. The lowest BCUT2D eigenvalue weighted by Crippen LogP contribution is -2.33. The van der Waals surface area contributed by atoms with E-state index in [1.54, 1.807) is 19.9 Å². The summed E-state index contributed by atoms with van der Waals surface area (Å²) in [5.74, 6) is -2.89. The quantitative estimate of drug-likeness (QED) is 0.426. The summed E-state index contributed by atoms with van der Waals surface area (Å²) in [6.45, 7) is 2.96. The van der Waals surface area contributed by atoms with Crippen LogP contribution in [0.2, 0.25) is 0 Å². The van der Waals surface area contributed by atoms with E-state index in [0.29, 0.717) is 33.8 Å². The first-order chi connectivity index (χ1) is 14.7. The van der Waals surface area contributed by atoms with E-state index in [4.69, 9.17) is 5.11 Å². The number of aromatic nitrogens is 1. The number of carboxylic acid groups (broad SMARTS) is 1. The third kappa shape index (κ3) is 4.80. The van der Waals surface area contributed by atoms with Crippen LogP contribution in [0, 0.1) is 19.7 Å². The van der Waals surface area contributed by atoms with E-state index in [1.165, 1.54) is 18.2 Å². The molecule has 1 aromatic heterocycles. The molecule has 9 nitrogen and oxygen atoms in total. The minimum absolute atomic E-state index is 0.0276. The van der Waals surface area contributed by atoms with Crippen molar-refractivity contribution in [1.82, 2.24) is 15.6 Å². The molecule has 0 unspecified atom stereocenters. The number of hydrogen-bond donors (Lipinski definition) is 5. The summed E-state index contributed by atoms with van der Waals surface area (Å²) >= 11 is 0. The van der Waals surface area contributed by atoms with Crippen LogP contribution < -0.4 is 16.0 Å². The Morgan fingerprint density at radius 2 is 1.94 bits per heavy atom.